The molecule has 1 fully saturated rings. The second kappa shape index (κ2) is 8.04. The van der Waals surface area contributed by atoms with Gasteiger partial charge in [0, 0.05) is 26.2 Å². The number of sulfonamides is 1. The van der Waals surface area contributed by atoms with E-state index in [2.05, 4.69) is 23.4 Å². The molecule has 2 heterocycles. The molecule has 1 saturated heterocycles. The molecule has 0 saturated carbocycles. The van der Waals surface area contributed by atoms with Crippen LogP contribution in [0.15, 0.2) is 29.2 Å². The molecule has 3 rings (SSSR count). The Hall–Kier alpha value is -1.84. The van der Waals surface area contributed by atoms with E-state index >= 15 is 0 Å². The third kappa shape index (κ3) is 4.04. The van der Waals surface area contributed by atoms with Crippen LogP contribution in [0, 0.1) is 6.92 Å². The summed E-state index contributed by atoms with van der Waals surface area (Å²) in [5.41, 5.74) is 1.75. The summed E-state index contributed by atoms with van der Waals surface area (Å²) in [5.74, 6) is 0.276. The van der Waals surface area contributed by atoms with Crippen LogP contribution in [0.4, 0.5) is 0 Å². The standard InChI is InChI=1S/C18H24N4O3S2/c1-4-13(2)15-5-7-16(8-6-15)27(24,25)22-11-9-21(10-12-22)18(23)17-14(3)19-20-26-17/h5-8,13H,4,9-12H2,1-3H3/t13-/m0/s1. The lowest BCUT2D eigenvalue weighted by Crippen LogP contribution is -2.50. The fourth-order valence-corrected chi connectivity index (χ4v) is 5.10. The highest BCUT2D eigenvalue weighted by Gasteiger charge is 2.31. The number of aromatic nitrogens is 2. The number of rotatable bonds is 5. The second-order valence-electron chi connectivity index (χ2n) is 6.76. The summed E-state index contributed by atoms with van der Waals surface area (Å²) >= 11 is 1.08. The smallest absolute Gasteiger partial charge is 0.267 e. The lowest BCUT2D eigenvalue weighted by Gasteiger charge is -2.33. The Bertz CT molecular complexity index is 901. The molecule has 0 radical (unpaired) electrons. The highest BCUT2D eigenvalue weighted by molar-refractivity contribution is 7.89. The van der Waals surface area contributed by atoms with Crippen LogP contribution in [-0.2, 0) is 10.0 Å². The van der Waals surface area contributed by atoms with Crippen LogP contribution in [-0.4, -0.2) is 59.3 Å². The number of carbonyl (C=O) groups is 1. The Morgan fingerprint density at radius 2 is 1.81 bits per heavy atom. The van der Waals surface area contributed by atoms with Gasteiger partial charge in [0.15, 0.2) is 0 Å². The Balaban J connectivity index is 1.68. The molecule has 1 atom stereocenters. The van der Waals surface area contributed by atoms with Gasteiger partial charge in [-0.05, 0) is 48.5 Å². The van der Waals surface area contributed by atoms with Crippen LogP contribution in [0.3, 0.4) is 0 Å². The molecule has 146 valence electrons. The Kier molecular flexibility index (Phi) is 5.92. The van der Waals surface area contributed by atoms with Crippen molar-refractivity contribution in [2.45, 2.75) is 38.0 Å². The van der Waals surface area contributed by atoms with E-state index in [1.54, 1.807) is 24.0 Å². The monoisotopic (exact) mass is 408 g/mol. The third-order valence-corrected chi connectivity index (χ3v) is 7.80. The van der Waals surface area contributed by atoms with Gasteiger partial charge in [-0.15, -0.1) is 5.10 Å². The minimum absolute atomic E-state index is 0.127. The summed E-state index contributed by atoms with van der Waals surface area (Å²) in [6, 6.07) is 7.14. The number of nitrogens with zero attached hydrogens (tertiary/aromatic N) is 4. The van der Waals surface area contributed by atoms with Gasteiger partial charge in [0.25, 0.3) is 5.91 Å². The summed E-state index contributed by atoms with van der Waals surface area (Å²) in [6.07, 6.45) is 1.01. The van der Waals surface area contributed by atoms with Crippen LogP contribution in [0.25, 0.3) is 0 Å². The summed E-state index contributed by atoms with van der Waals surface area (Å²) < 4.78 is 31.0. The van der Waals surface area contributed by atoms with Crippen molar-refractivity contribution in [3.63, 3.8) is 0 Å². The molecule has 0 unspecified atom stereocenters. The topological polar surface area (TPSA) is 83.5 Å². The number of amides is 1. The van der Waals surface area contributed by atoms with Crippen LogP contribution >= 0.6 is 11.5 Å². The predicted molar refractivity (Wildman–Crippen MR) is 104 cm³/mol. The molecule has 0 N–H and O–H groups in total. The van der Waals surface area contributed by atoms with Gasteiger partial charge in [0.1, 0.15) is 4.88 Å². The zero-order chi connectivity index (χ0) is 19.6. The molecule has 0 bridgehead atoms. The van der Waals surface area contributed by atoms with E-state index in [0.717, 1.165) is 23.5 Å². The molecule has 1 aliphatic rings. The van der Waals surface area contributed by atoms with E-state index in [4.69, 9.17) is 0 Å². The molecule has 1 aliphatic heterocycles. The first-order valence-electron chi connectivity index (χ1n) is 9.03. The number of benzene rings is 1. The summed E-state index contributed by atoms with van der Waals surface area (Å²) in [7, 11) is -3.55. The van der Waals surface area contributed by atoms with E-state index in [9.17, 15) is 13.2 Å². The molecular formula is C18H24N4O3S2. The zero-order valence-corrected chi connectivity index (χ0v) is 17.4. The maximum atomic E-state index is 12.9. The molecule has 1 aromatic carbocycles. The fraction of sp³-hybridized carbons (Fsp3) is 0.500. The normalized spacial score (nSPS) is 17.1. The lowest BCUT2D eigenvalue weighted by atomic mass is 9.99. The Morgan fingerprint density at radius 3 is 2.33 bits per heavy atom. The zero-order valence-electron chi connectivity index (χ0n) is 15.8. The first kappa shape index (κ1) is 19.9. The van der Waals surface area contributed by atoms with Crippen LogP contribution in [0.1, 0.15) is 47.1 Å². The maximum Gasteiger partial charge on any atom is 0.267 e. The van der Waals surface area contributed by atoms with Gasteiger partial charge < -0.3 is 4.90 Å². The summed E-state index contributed by atoms with van der Waals surface area (Å²) in [6.45, 7) is 7.28. The number of aryl methyl sites for hydroxylation is 1. The molecule has 2 aromatic rings. The van der Waals surface area contributed by atoms with Crippen LogP contribution in [0.5, 0.6) is 0 Å². The van der Waals surface area contributed by atoms with Crippen molar-refractivity contribution in [1.82, 2.24) is 18.8 Å². The Labute approximate surface area is 164 Å². The van der Waals surface area contributed by atoms with E-state index in [0.29, 0.717) is 34.5 Å². The average molecular weight is 409 g/mol. The van der Waals surface area contributed by atoms with Gasteiger partial charge in [-0.2, -0.15) is 4.31 Å². The van der Waals surface area contributed by atoms with Gasteiger partial charge in [-0.3, -0.25) is 4.79 Å². The summed E-state index contributed by atoms with van der Waals surface area (Å²) in [5, 5.41) is 3.87. The van der Waals surface area contributed by atoms with Crippen molar-refractivity contribution in [2.75, 3.05) is 26.2 Å². The van der Waals surface area contributed by atoms with E-state index < -0.39 is 10.0 Å². The van der Waals surface area contributed by atoms with Crippen molar-refractivity contribution < 1.29 is 13.2 Å². The van der Waals surface area contributed by atoms with E-state index in [-0.39, 0.29) is 19.0 Å². The first-order chi connectivity index (χ1) is 12.8. The predicted octanol–water partition coefficient (Wildman–Crippen LogP) is 2.51. The molecule has 1 aromatic heterocycles. The third-order valence-electron chi connectivity index (χ3n) is 5.07. The highest BCUT2D eigenvalue weighted by Crippen LogP contribution is 2.23. The van der Waals surface area contributed by atoms with Gasteiger partial charge in [-0.25, -0.2) is 8.42 Å². The SMILES string of the molecule is CC[C@H](C)c1ccc(S(=O)(=O)N2CCN(C(=O)c3snnc3C)CC2)cc1. The number of carbonyl (C=O) groups excluding carboxylic acids is 1. The van der Waals surface area contributed by atoms with Gasteiger partial charge in [0.05, 0.1) is 10.6 Å². The number of hydrogen-bond donors (Lipinski definition) is 0. The molecule has 7 nitrogen and oxygen atoms in total. The number of piperazine rings is 1. The molecular weight excluding hydrogens is 384 g/mol. The Morgan fingerprint density at radius 1 is 1.19 bits per heavy atom. The van der Waals surface area contributed by atoms with Gasteiger partial charge >= 0.3 is 0 Å². The minimum Gasteiger partial charge on any atom is -0.335 e. The van der Waals surface area contributed by atoms with E-state index in [1.807, 2.05) is 12.1 Å². The number of hydrogen-bond acceptors (Lipinski definition) is 6. The molecule has 1 amide bonds. The molecule has 27 heavy (non-hydrogen) atoms. The minimum atomic E-state index is -3.55. The highest BCUT2D eigenvalue weighted by atomic mass is 32.2. The lowest BCUT2D eigenvalue weighted by molar-refractivity contribution is 0.0702. The van der Waals surface area contributed by atoms with Crippen molar-refractivity contribution in [3.05, 3.63) is 40.4 Å². The second-order valence-corrected chi connectivity index (χ2v) is 9.45. The van der Waals surface area contributed by atoms with Gasteiger partial charge in [0.2, 0.25) is 10.0 Å². The summed E-state index contributed by atoms with van der Waals surface area (Å²) in [4.78, 5) is 15.0. The average Bonchev–Trinajstić information content (AvgIpc) is 3.13. The van der Waals surface area contributed by atoms with Gasteiger partial charge in [-0.1, -0.05) is 30.5 Å². The first-order valence-corrected chi connectivity index (χ1v) is 11.2. The van der Waals surface area contributed by atoms with Crippen molar-refractivity contribution in [3.8, 4) is 0 Å². The molecule has 9 heteroatoms. The van der Waals surface area contributed by atoms with Crippen LogP contribution in [0.2, 0.25) is 0 Å². The molecule has 0 aliphatic carbocycles. The van der Waals surface area contributed by atoms with Crippen molar-refractivity contribution in [1.29, 1.82) is 0 Å². The maximum absolute atomic E-state index is 12.9. The quantitative estimate of drug-likeness (QED) is 0.759. The van der Waals surface area contributed by atoms with E-state index in [1.165, 1.54) is 4.31 Å². The fourth-order valence-electron chi connectivity index (χ4n) is 3.06. The molecule has 0 spiro atoms. The largest absolute Gasteiger partial charge is 0.335 e. The van der Waals surface area contributed by atoms with Crippen molar-refractivity contribution in [2.24, 2.45) is 0 Å². The van der Waals surface area contributed by atoms with Crippen LogP contribution < -0.4 is 0 Å². The van der Waals surface area contributed by atoms with Crippen molar-refractivity contribution >= 4 is 27.5 Å².